The van der Waals surface area contributed by atoms with Gasteiger partial charge in [0.2, 0.25) is 5.91 Å². The van der Waals surface area contributed by atoms with E-state index in [0.717, 1.165) is 19.4 Å². The zero-order chi connectivity index (χ0) is 4.41. The Labute approximate surface area is 38.0 Å². The first-order valence-corrected chi connectivity index (χ1v) is 2.16. The van der Waals surface area contributed by atoms with Gasteiger partial charge in [-0.15, -0.1) is 0 Å². The average molecular weight is 86.1 g/mol. The Kier molecular flexibility index (Phi) is 0.783. The van der Waals surface area contributed by atoms with Crippen molar-refractivity contribution in [2.24, 2.45) is 0 Å². The van der Waals surface area contributed by atoms with Gasteiger partial charge < -0.3 is 5.32 Å². The lowest BCUT2D eigenvalue weighted by molar-refractivity contribution is -0.119. The SMILES string of the molecule is O=C1CCCN1.[H+]. The Morgan fingerprint density at radius 2 is 2.67 bits per heavy atom. The number of hydrogen-bond donors (Lipinski definition) is 1. The van der Waals surface area contributed by atoms with E-state index in [2.05, 4.69) is 5.32 Å². The standard InChI is InChI=1S/C4H7NO/c6-4-2-1-3-5-4/h1-3H2,(H,5,6)/p+1. The van der Waals surface area contributed by atoms with E-state index in [-0.39, 0.29) is 7.33 Å². The normalized spacial score (nSPS) is 21.0. The predicted octanol–water partition coefficient (Wildman–Crippen LogP) is 0.00890. The highest BCUT2D eigenvalue weighted by Crippen LogP contribution is 1.93. The van der Waals surface area contributed by atoms with Gasteiger partial charge in [0, 0.05) is 13.0 Å². The Morgan fingerprint density at radius 1 is 1.83 bits per heavy atom. The molecule has 1 saturated heterocycles. The number of carbonyl (C=O) groups excluding carboxylic acids is 1. The fourth-order valence-corrected chi connectivity index (χ4v) is 0.565. The summed E-state index contributed by atoms with van der Waals surface area (Å²) < 4.78 is 0. The lowest BCUT2D eigenvalue weighted by atomic mass is 10.4. The topological polar surface area (TPSA) is 29.1 Å². The molecule has 1 aliphatic rings. The molecule has 1 N–H and O–H groups in total. The van der Waals surface area contributed by atoms with Crippen molar-refractivity contribution in [1.82, 2.24) is 5.32 Å². The van der Waals surface area contributed by atoms with Crippen molar-refractivity contribution in [2.45, 2.75) is 12.8 Å². The molecule has 0 atom stereocenters. The molecule has 0 aromatic heterocycles. The number of rotatable bonds is 0. The molecule has 1 rings (SSSR count). The van der Waals surface area contributed by atoms with Crippen LogP contribution in [0.3, 0.4) is 0 Å². The second-order valence-electron chi connectivity index (χ2n) is 1.45. The fourth-order valence-electron chi connectivity index (χ4n) is 0.565. The highest BCUT2D eigenvalue weighted by atomic mass is 16.1. The van der Waals surface area contributed by atoms with E-state index in [9.17, 15) is 4.79 Å². The van der Waals surface area contributed by atoms with Gasteiger partial charge in [0.1, 0.15) is 0 Å². The van der Waals surface area contributed by atoms with Gasteiger partial charge in [0.05, 0.1) is 0 Å². The number of nitrogens with one attached hydrogen (secondary N) is 1. The maximum absolute atomic E-state index is 10.1. The quantitative estimate of drug-likeness (QED) is 0.442. The third-order valence-corrected chi connectivity index (χ3v) is 0.903. The van der Waals surface area contributed by atoms with Crippen LogP contribution in [0.2, 0.25) is 0 Å². The van der Waals surface area contributed by atoms with Crippen molar-refractivity contribution in [3.8, 4) is 0 Å². The Balaban J connectivity index is 0.000000360. The van der Waals surface area contributed by atoms with Crippen LogP contribution in [0, 0.1) is 0 Å². The Hall–Kier alpha value is -0.530. The molecule has 2 heteroatoms. The van der Waals surface area contributed by atoms with E-state index in [4.69, 9.17) is 0 Å². The maximum atomic E-state index is 10.1. The van der Waals surface area contributed by atoms with Crippen LogP contribution < -0.4 is 5.32 Å². The molecular weight excluding hydrogens is 78.0 g/mol. The summed E-state index contributed by atoms with van der Waals surface area (Å²) in [5.74, 6) is 0.204. The van der Waals surface area contributed by atoms with Gasteiger partial charge in [-0.1, -0.05) is 0 Å². The minimum atomic E-state index is 0. The summed E-state index contributed by atoms with van der Waals surface area (Å²) in [7, 11) is 0. The predicted molar refractivity (Wildman–Crippen MR) is 23.4 cm³/mol. The molecule has 1 fully saturated rings. The number of carbonyl (C=O) groups is 1. The van der Waals surface area contributed by atoms with Crippen molar-refractivity contribution in [3.63, 3.8) is 0 Å². The zero-order valence-corrected chi connectivity index (χ0v) is 3.53. The summed E-state index contributed by atoms with van der Waals surface area (Å²) in [6.07, 6.45) is 1.76. The Morgan fingerprint density at radius 3 is 2.83 bits per heavy atom. The minimum absolute atomic E-state index is 0. The van der Waals surface area contributed by atoms with E-state index >= 15 is 0 Å². The number of hydrogen-bond acceptors (Lipinski definition) is 1. The smallest absolute Gasteiger partial charge is 0.356 e. The van der Waals surface area contributed by atoms with Crippen LogP contribution in [-0.2, 0) is 4.79 Å². The van der Waals surface area contributed by atoms with Gasteiger partial charge >= 0.3 is 1.43 Å². The van der Waals surface area contributed by atoms with Gasteiger partial charge in [0.15, 0.2) is 0 Å². The van der Waals surface area contributed by atoms with E-state index in [1.54, 1.807) is 0 Å². The molecule has 6 heavy (non-hydrogen) atoms. The van der Waals surface area contributed by atoms with Crippen LogP contribution in [0.4, 0.5) is 0 Å². The second kappa shape index (κ2) is 1.29. The summed E-state index contributed by atoms with van der Waals surface area (Å²) in [5, 5.41) is 2.68. The van der Waals surface area contributed by atoms with Gasteiger partial charge in [-0.05, 0) is 6.42 Å². The molecule has 0 saturated carbocycles. The van der Waals surface area contributed by atoms with E-state index in [1.807, 2.05) is 0 Å². The summed E-state index contributed by atoms with van der Waals surface area (Å²) in [6, 6.07) is 0. The molecule has 0 radical (unpaired) electrons. The van der Waals surface area contributed by atoms with Crippen molar-refractivity contribution < 1.29 is 6.22 Å². The Bertz CT molecular complexity index is 66.1. The summed E-state index contributed by atoms with van der Waals surface area (Å²) in [5.41, 5.74) is 0. The summed E-state index contributed by atoms with van der Waals surface area (Å²) in [4.78, 5) is 10.1. The highest BCUT2D eigenvalue weighted by Gasteiger charge is 2.05. The van der Waals surface area contributed by atoms with Gasteiger partial charge in [-0.2, -0.15) is 0 Å². The van der Waals surface area contributed by atoms with Crippen molar-refractivity contribution in [2.75, 3.05) is 6.54 Å². The monoisotopic (exact) mass is 86.1 g/mol. The van der Waals surface area contributed by atoms with E-state index < -0.39 is 0 Å². The van der Waals surface area contributed by atoms with Crippen LogP contribution in [0.25, 0.3) is 0 Å². The van der Waals surface area contributed by atoms with E-state index in [0.29, 0.717) is 0 Å². The highest BCUT2D eigenvalue weighted by molar-refractivity contribution is 5.77. The zero-order valence-electron chi connectivity index (χ0n) is 4.53. The molecule has 0 aliphatic carbocycles. The van der Waals surface area contributed by atoms with Gasteiger partial charge in [0.25, 0.3) is 0 Å². The van der Waals surface area contributed by atoms with Crippen LogP contribution in [0.5, 0.6) is 0 Å². The molecule has 0 unspecified atom stereocenters. The molecule has 1 heterocycles. The lowest BCUT2D eigenvalue weighted by Gasteiger charge is -1.80. The van der Waals surface area contributed by atoms with Crippen LogP contribution in [0.15, 0.2) is 0 Å². The molecule has 0 aromatic carbocycles. The molecule has 0 bridgehead atoms. The largest absolute Gasteiger partial charge is 1.00 e. The minimum Gasteiger partial charge on any atom is -0.356 e. The maximum Gasteiger partial charge on any atom is 1.00 e. The molecular formula is C4H8NO+. The third-order valence-electron chi connectivity index (χ3n) is 0.903. The van der Waals surface area contributed by atoms with Crippen molar-refractivity contribution >= 4 is 5.91 Å². The van der Waals surface area contributed by atoms with Gasteiger partial charge in [-0.3, -0.25) is 4.79 Å². The van der Waals surface area contributed by atoms with Crippen molar-refractivity contribution in [3.05, 3.63) is 0 Å². The second-order valence-corrected chi connectivity index (χ2v) is 1.45. The van der Waals surface area contributed by atoms with Crippen LogP contribution in [0.1, 0.15) is 14.3 Å². The first-order valence-electron chi connectivity index (χ1n) is 2.16. The molecule has 34 valence electrons. The van der Waals surface area contributed by atoms with Gasteiger partial charge in [-0.25, -0.2) is 0 Å². The first-order chi connectivity index (χ1) is 2.89. The molecule has 1 amide bonds. The number of amides is 1. The molecule has 0 spiro atoms. The van der Waals surface area contributed by atoms with Crippen molar-refractivity contribution in [1.29, 1.82) is 0 Å². The fraction of sp³-hybridized carbons (Fsp3) is 0.750. The molecule has 0 aromatic rings. The lowest BCUT2D eigenvalue weighted by Crippen LogP contribution is -2.12. The summed E-state index contributed by atoms with van der Waals surface area (Å²) in [6.45, 7) is 0.888. The van der Waals surface area contributed by atoms with E-state index in [1.165, 1.54) is 0 Å². The third kappa shape index (κ3) is 0.506. The first kappa shape index (κ1) is 3.65. The average Bonchev–Trinajstić information content (AvgIpc) is 1.86. The van der Waals surface area contributed by atoms with Crippen LogP contribution in [-0.4, -0.2) is 12.5 Å². The van der Waals surface area contributed by atoms with Crippen LogP contribution >= 0.6 is 0 Å². The molecule has 2 nitrogen and oxygen atoms in total. The molecule has 1 aliphatic heterocycles. The summed E-state index contributed by atoms with van der Waals surface area (Å²) >= 11 is 0.